The second-order valence-corrected chi connectivity index (χ2v) is 9.02. The third-order valence-corrected chi connectivity index (χ3v) is 5.53. The molecule has 0 aromatic heterocycles. The zero-order valence-corrected chi connectivity index (χ0v) is 19.8. The Hall–Kier alpha value is -2.84. The molecule has 9 nitrogen and oxygen atoms in total. The Kier molecular flexibility index (Phi) is 8.86. The zero-order valence-electron chi connectivity index (χ0n) is 19.8. The number of nitro benzene ring substituents is 1. The molecule has 1 aromatic rings. The lowest BCUT2D eigenvalue weighted by atomic mass is 10.1. The molecule has 0 spiro atoms. The van der Waals surface area contributed by atoms with Gasteiger partial charge in [-0.3, -0.25) is 14.9 Å². The lowest BCUT2D eigenvalue weighted by Crippen LogP contribution is -2.46. The molecule has 1 aromatic carbocycles. The molecule has 0 saturated carbocycles. The first kappa shape index (κ1) is 25.4. The average molecular weight is 449 g/mol. The number of hydrogen-bond acceptors (Lipinski definition) is 6. The summed E-state index contributed by atoms with van der Waals surface area (Å²) in [5.41, 5.74) is -0.122. The zero-order chi connectivity index (χ0) is 23.9. The Morgan fingerprint density at radius 2 is 1.91 bits per heavy atom. The van der Waals surface area contributed by atoms with Crippen LogP contribution in [0.15, 0.2) is 18.2 Å². The Bertz CT molecular complexity index is 817. The third-order valence-electron chi connectivity index (χ3n) is 5.53. The fraction of sp³-hybridized carbons (Fsp3) is 0.652. The monoisotopic (exact) mass is 448 g/mol. The average Bonchev–Trinajstić information content (AvgIpc) is 2.97. The van der Waals surface area contributed by atoms with E-state index in [1.165, 1.54) is 6.07 Å². The lowest BCUT2D eigenvalue weighted by molar-refractivity contribution is -0.384. The van der Waals surface area contributed by atoms with Crippen molar-refractivity contribution < 1.29 is 19.2 Å². The maximum Gasteiger partial charge on any atom is 0.410 e. The van der Waals surface area contributed by atoms with Crippen LogP contribution in [-0.2, 0) is 4.74 Å². The van der Waals surface area contributed by atoms with Gasteiger partial charge in [0, 0.05) is 37.8 Å². The summed E-state index contributed by atoms with van der Waals surface area (Å²) in [6.45, 7) is 11.3. The number of benzene rings is 1. The summed E-state index contributed by atoms with van der Waals surface area (Å²) in [6.07, 6.45) is 3.33. The van der Waals surface area contributed by atoms with Crippen molar-refractivity contribution in [3.8, 4) is 0 Å². The summed E-state index contributed by atoms with van der Waals surface area (Å²) in [5.74, 6) is -0.232. The highest BCUT2D eigenvalue weighted by atomic mass is 16.6. The molecular formula is C23H36N4O5. The molecule has 1 aliphatic rings. The molecule has 1 atom stereocenters. The molecule has 1 fully saturated rings. The van der Waals surface area contributed by atoms with Crippen LogP contribution in [0.3, 0.4) is 0 Å². The quantitative estimate of drug-likeness (QED) is 0.480. The number of nitro groups is 1. The molecule has 1 aliphatic heterocycles. The highest BCUT2D eigenvalue weighted by Crippen LogP contribution is 2.28. The number of ether oxygens (including phenoxy) is 1. The summed E-state index contributed by atoms with van der Waals surface area (Å²) >= 11 is 0. The first-order chi connectivity index (χ1) is 15.1. The van der Waals surface area contributed by atoms with Gasteiger partial charge in [-0.2, -0.15) is 0 Å². The minimum atomic E-state index is -0.590. The maximum absolute atomic E-state index is 12.7. The first-order valence-electron chi connectivity index (χ1n) is 11.4. The fourth-order valence-electron chi connectivity index (χ4n) is 3.84. The second-order valence-electron chi connectivity index (χ2n) is 9.02. The van der Waals surface area contributed by atoms with Crippen LogP contribution in [0.25, 0.3) is 0 Å². The van der Waals surface area contributed by atoms with Crippen LogP contribution in [-0.4, -0.2) is 64.5 Å². The van der Waals surface area contributed by atoms with E-state index in [0.717, 1.165) is 25.7 Å². The fourth-order valence-corrected chi connectivity index (χ4v) is 3.84. The van der Waals surface area contributed by atoms with Crippen LogP contribution < -0.4 is 5.32 Å². The molecule has 178 valence electrons. The topological polar surface area (TPSA) is 105 Å². The largest absolute Gasteiger partial charge is 0.444 e. The van der Waals surface area contributed by atoms with Crippen LogP contribution in [0.1, 0.15) is 70.7 Å². The van der Waals surface area contributed by atoms with Gasteiger partial charge in [-0.15, -0.1) is 0 Å². The Morgan fingerprint density at radius 1 is 1.22 bits per heavy atom. The van der Waals surface area contributed by atoms with Crippen molar-refractivity contribution in [2.45, 2.75) is 71.9 Å². The smallest absolute Gasteiger partial charge is 0.410 e. The van der Waals surface area contributed by atoms with Gasteiger partial charge in [-0.05, 0) is 59.6 Å². The number of amides is 2. The summed E-state index contributed by atoms with van der Waals surface area (Å²) in [7, 11) is 0. The summed E-state index contributed by atoms with van der Waals surface area (Å²) < 4.78 is 5.57. The van der Waals surface area contributed by atoms with E-state index >= 15 is 0 Å². The number of likely N-dealkylation sites (tertiary alicyclic amines) is 1. The molecule has 32 heavy (non-hydrogen) atoms. The van der Waals surface area contributed by atoms with Crippen LogP contribution in [0, 0.1) is 10.1 Å². The van der Waals surface area contributed by atoms with E-state index in [0.29, 0.717) is 31.9 Å². The van der Waals surface area contributed by atoms with Gasteiger partial charge in [0.25, 0.3) is 11.6 Å². The SMILES string of the molecule is CCN(CC)C(=O)c1ccc(NC[C@H]2CCCCCN2C(=O)OC(C)(C)C)c([N+](=O)[O-])c1. The molecule has 2 amide bonds. The maximum atomic E-state index is 12.7. The Morgan fingerprint density at radius 3 is 2.50 bits per heavy atom. The third kappa shape index (κ3) is 6.83. The van der Waals surface area contributed by atoms with E-state index in [1.54, 1.807) is 21.9 Å². The normalized spacial score (nSPS) is 16.8. The summed E-state index contributed by atoms with van der Waals surface area (Å²) in [4.78, 5) is 39.9. The van der Waals surface area contributed by atoms with E-state index < -0.39 is 10.5 Å². The molecule has 0 bridgehead atoms. The van der Waals surface area contributed by atoms with Crippen molar-refractivity contribution in [1.82, 2.24) is 9.80 Å². The van der Waals surface area contributed by atoms with Crippen molar-refractivity contribution in [2.24, 2.45) is 0 Å². The molecule has 0 unspecified atom stereocenters. The molecule has 1 saturated heterocycles. The van der Waals surface area contributed by atoms with Gasteiger partial charge in [-0.1, -0.05) is 12.8 Å². The summed E-state index contributed by atoms with van der Waals surface area (Å²) in [5, 5.41) is 14.8. The minimum absolute atomic E-state index is 0.135. The first-order valence-corrected chi connectivity index (χ1v) is 11.4. The van der Waals surface area contributed by atoms with Crippen LogP contribution in [0.5, 0.6) is 0 Å². The molecule has 1 heterocycles. The van der Waals surface area contributed by atoms with Crippen molar-refractivity contribution in [3.63, 3.8) is 0 Å². The van der Waals surface area contributed by atoms with Gasteiger partial charge in [0.2, 0.25) is 0 Å². The Balaban J connectivity index is 2.20. The molecule has 0 radical (unpaired) electrons. The lowest BCUT2D eigenvalue weighted by Gasteiger charge is -2.32. The molecule has 2 rings (SSSR count). The number of nitrogens with one attached hydrogen (secondary N) is 1. The van der Waals surface area contributed by atoms with E-state index in [2.05, 4.69) is 5.32 Å². The van der Waals surface area contributed by atoms with Crippen molar-refractivity contribution in [3.05, 3.63) is 33.9 Å². The minimum Gasteiger partial charge on any atom is -0.444 e. The number of rotatable bonds is 7. The molecule has 0 aliphatic carbocycles. The van der Waals surface area contributed by atoms with E-state index in [1.807, 2.05) is 34.6 Å². The van der Waals surface area contributed by atoms with Gasteiger partial charge in [0.1, 0.15) is 11.3 Å². The van der Waals surface area contributed by atoms with Gasteiger partial charge in [0.05, 0.1) is 11.0 Å². The van der Waals surface area contributed by atoms with Crippen molar-refractivity contribution in [2.75, 3.05) is 31.5 Å². The molecular weight excluding hydrogens is 412 g/mol. The van der Waals surface area contributed by atoms with E-state index in [9.17, 15) is 19.7 Å². The second kappa shape index (κ2) is 11.2. The predicted octanol–water partition coefficient (Wildman–Crippen LogP) is 4.67. The number of nitrogens with zero attached hydrogens (tertiary/aromatic N) is 3. The van der Waals surface area contributed by atoms with Gasteiger partial charge in [0.15, 0.2) is 0 Å². The van der Waals surface area contributed by atoms with Crippen LogP contribution in [0.4, 0.5) is 16.2 Å². The Labute approximate surface area is 190 Å². The van der Waals surface area contributed by atoms with E-state index in [-0.39, 0.29) is 29.3 Å². The number of carbonyl (C=O) groups excluding carboxylic acids is 2. The van der Waals surface area contributed by atoms with Gasteiger partial charge < -0.3 is 19.9 Å². The highest BCUT2D eigenvalue weighted by molar-refractivity contribution is 5.95. The predicted molar refractivity (Wildman–Crippen MR) is 124 cm³/mol. The van der Waals surface area contributed by atoms with Crippen molar-refractivity contribution >= 4 is 23.4 Å². The van der Waals surface area contributed by atoms with Crippen LogP contribution >= 0.6 is 0 Å². The van der Waals surface area contributed by atoms with Gasteiger partial charge >= 0.3 is 6.09 Å². The summed E-state index contributed by atoms with van der Waals surface area (Å²) in [6, 6.07) is 4.36. The molecule has 9 heteroatoms. The number of carbonyl (C=O) groups is 2. The molecule has 1 N–H and O–H groups in total. The van der Waals surface area contributed by atoms with Gasteiger partial charge in [-0.25, -0.2) is 4.79 Å². The van der Waals surface area contributed by atoms with E-state index in [4.69, 9.17) is 4.74 Å². The standard InChI is InChI=1S/C23H36N4O5/c1-6-25(7-2)21(28)17-12-13-19(20(15-17)27(30)31)24-16-18-11-9-8-10-14-26(18)22(29)32-23(3,4)5/h12-13,15,18,24H,6-11,14,16H2,1-5H3/t18-/m1/s1. The number of anilines is 1. The highest BCUT2D eigenvalue weighted by Gasteiger charge is 2.30. The number of hydrogen-bond donors (Lipinski definition) is 1. The van der Waals surface area contributed by atoms with Crippen molar-refractivity contribution in [1.29, 1.82) is 0 Å². The van der Waals surface area contributed by atoms with Crippen LogP contribution in [0.2, 0.25) is 0 Å².